The predicted molar refractivity (Wildman–Crippen MR) is 80.3 cm³/mol. The maximum atomic E-state index is 12.6. The first-order chi connectivity index (χ1) is 9.98. The lowest BCUT2D eigenvalue weighted by Gasteiger charge is -2.07. The first-order valence-electron chi connectivity index (χ1n) is 6.11. The van der Waals surface area contributed by atoms with E-state index in [4.69, 9.17) is 11.5 Å². The Labute approximate surface area is 121 Å². The average molecular weight is 300 g/mol. The highest BCUT2D eigenvalue weighted by molar-refractivity contribution is 7.91. The summed E-state index contributed by atoms with van der Waals surface area (Å²) in [5.41, 5.74) is 12.8. The van der Waals surface area contributed by atoms with Crippen LogP contribution in [0.5, 0.6) is 0 Å². The van der Waals surface area contributed by atoms with Crippen molar-refractivity contribution in [2.75, 3.05) is 11.5 Å². The summed E-state index contributed by atoms with van der Waals surface area (Å²) in [4.78, 5) is 8.31. The van der Waals surface area contributed by atoms with Crippen LogP contribution in [0.2, 0.25) is 0 Å². The highest BCUT2D eigenvalue weighted by Gasteiger charge is 2.23. The standard InChI is InChI=1S/C14H12N4O2S/c15-9-5-7-10(8-6-9)21(19,20)14-13(16)17-11-3-1-2-4-12(11)18-14/h1-8H,15H2,(H2,16,17). The lowest BCUT2D eigenvalue weighted by atomic mass is 10.3. The zero-order chi connectivity index (χ0) is 15.0. The predicted octanol–water partition coefficient (Wildman–Crippen LogP) is 1.63. The van der Waals surface area contributed by atoms with Crippen LogP contribution >= 0.6 is 0 Å². The molecule has 1 heterocycles. The van der Waals surface area contributed by atoms with Gasteiger partial charge >= 0.3 is 0 Å². The number of nitrogens with two attached hydrogens (primary N) is 2. The van der Waals surface area contributed by atoms with E-state index in [1.807, 2.05) is 0 Å². The molecule has 2 aromatic carbocycles. The molecule has 0 radical (unpaired) electrons. The number of para-hydroxylation sites is 2. The number of aromatic nitrogens is 2. The molecule has 0 amide bonds. The van der Waals surface area contributed by atoms with Gasteiger partial charge in [0, 0.05) is 5.69 Å². The van der Waals surface area contributed by atoms with Crippen LogP contribution in [0.15, 0.2) is 58.5 Å². The van der Waals surface area contributed by atoms with Crippen molar-refractivity contribution in [2.24, 2.45) is 0 Å². The Bertz CT molecular complexity index is 921. The summed E-state index contributed by atoms with van der Waals surface area (Å²) in [7, 11) is -3.83. The number of sulfone groups is 1. The van der Waals surface area contributed by atoms with Gasteiger partial charge in [0.25, 0.3) is 0 Å². The van der Waals surface area contributed by atoms with Crippen LogP contribution in [0.4, 0.5) is 11.5 Å². The molecule has 0 spiro atoms. The Morgan fingerprint density at radius 3 is 2.00 bits per heavy atom. The van der Waals surface area contributed by atoms with E-state index in [0.29, 0.717) is 16.7 Å². The maximum Gasteiger partial charge on any atom is 0.227 e. The van der Waals surface area contributed by atoms with Gasteiger partial charge in [0.2, 0.25) is 14.9 Å². The van der Waals surface area contributed by atoms with Crippen molar-refractivity contribution in [3.8, 4) is 0 Å². The molecule has 1 aromatic heterocycles. The number of fused-ring (bicyclic) bond motifs is 1. The van der Waals surface area contributed by atoms with Gasteiger partial charge in [-0.25, -0.2) is 18.4 Å². The Morgan fingerprint density at radius 1 is 0.810 bits per heavy atom. The van der Waals surface area contributed by atoms with E-state index >= 15 is 0 Å². The van der Waals surface area contributed by atoms with E-state index in [0.717, 1.165) is 0 Å². The average Bonchev–Trinajstić information content (AvgIpc) is 2.47. The number of nitrogens with zero attached hydrogens (tertiary/aromatic N) is 2. The Balaban J connectivity index is 2.23. The molecule has 4 N–H and O–H groups in total. The smallest absolute Gasteiger partial charge is 0.227 e. The molecule has 0 fully saturated rings. The molecule has 0 atom stereocenters. The molecule has 3 aromatic rings. The zero-order valence-corrected chi connectivity index (χ0v) is 11.7. The Hall–Kier alpha value is -2.67. The van der Waals surface area contributed by atoms with E-state index < -0.39 is 9.84 Å². The minimum absolute atomic E-state index is 0.0768. The van der Waals surface area contributed by atoms with E-state index in [1.165, 1.54) is 24.3 Å². The molecule has 21 heavy (non-hydrogen) atoms. The van der Waals surface area contributed by atoms with Crippen LogP contribution in [0.3, 0.4) is 0 Å². The second-order valence-corrected chi connectivity index (χ2v) is 6.34. The quantitative estimate of drug-likeness (QED) is 0.696. The minimum Gasteiger partial charge on any atom is -0.399 e. The first-order valence-corrected chi connectivity index (χ1v) is 7.60. The molecule has 0 aliphatic carbocycles. The fourth-order valence-electron chi connectivity index (χ4n) is 1.95. The summed E-state index contributed by atoms with van der Waals surface area (Å²) in [6.07, 6.45) is 0. The van der Waals surface area contributed by atoms with E-state index in [1.54, 1.807) is 24.3 Å². The third-order valence-corrected chi connectivity index (χ3v) is 4.71. The molecule has 7 heteroatoms. The van der Waals surface area contributed by atoms with Crippen LogP contribution in [-0.2, 0) is 9.84 Å². The number of benzene rings is 2. The molecule has 106 valence electrons. The van der Waals surface area contributed by atoms with Crippen LogP contribution in [-0.4, -0.2) is 18.4 Å². The molecule has 6 nitrogen and oxygen atoms in total. The fourth-order valence-corrected chi connectivity index (χ4v) is 3.21. The van der Waals surface area contributed by atoms with Gasteiger partial charge in [0.15, 0.2) is 5.82 Å². The highest BCUT2D eigenvalue weighted by atomic mass is 32.2. The number of nitrogen functional groups attached to an aromatic ring is 2. The van der Waals surface area contributed by atoms with Crippen LogP contribution in [0.1, 0.15) is 0 Å². The molecule has 0 unspecified atom stereocenters. The third-order valence-electron chi connectivity index (χ3n) is 3.01. The van der Waals surface area contributed by atoms with E-state index in [2.05, 4.69) is 9.97 Å². The second kappa shape index (κ2) is 4.71. The molecule has 3 rings (SSSR count). The summed E-state index contributed by atoms with van der Waals surface area (Å²) < 4.78 is 25.2. The summed E-state index contributed by atoms with van der Waals surface area (Å²) in [5, 5.41) is -0.244. The van der Waals surface area contributed by atoms with Crippen LogP contribution < -0.4 is 11.5 Å². The van der Waals surface area contributed by atoms with Crippen molar-refractivity contribution in [1.82, 2.24) is 9.97 Å². The van der Waals surface area contributed by atoms with Crippen molar-refractivity contribution in [3.63, 3.8) is 0 Å². The first kappa shape index (κ1) is 13.3. The Morgan fingerprint density at radius 2 is 1.38 bits per heavy atom. The molecule has 0 saturated heterocycles. The van der Waals surface area contributed by atoms with Crippen LogP contribution in [0.25, 0.3) is 11.0 Å². The van der Waals surface area contributed by atoms with Crippen molar-refractivity contribution < 1.29 is 8.42 Å². The van der Waals surface area contributed by atoms with Gasteiger partial charge in [-0.1, -0.05) is 12.1 Å². The largest absolute Gasteiger partial charge is 0.399 e. The number of anilines is 2. The lowest BCUT2D eigenvalue weighted by molar-refractivity contribution is 0.593. The molecule has 0 saturated carbocycles. The van der Waals surface area contributed by atoms with Crippen molar-refractivity contribution in [2.45, 2.75) is 9.92 Å². The van der Waals surface area contributed by atoms with Gasteiger partial charge in [-0.15, -0.1) is 0 Å². The third kappa shape index (κ3) is 2.27. The molecule has 0 aliphatic rings. The fraction of sp³-hybridized carbons (Fsp3) is 0. The van der Waals surface area contributed by atoms with Gasteiger partial charge in [0.1, 0.15) is 0 Å². The normalized spacial score (nSPS) is 11.6. The van der Waals surface area contributed by atoms with Crippen molar-refractivity contribution in [1.29, 1.82) is 0 Å². The minimum atomic E-state index is -3.83. The molecular weight excluding hydrogens is 288 g/mol. The van der Waals surface area contributed by atoms with Crippen molar-refractivity contribution >= 4 is 32.4 Å². The summed E-state index contributed by atoms with van der Waals surface area (Å²) >= 11 is 0. The van der Waals surface area contributed by atoms with Crippen LogP contribution in [0, 0.1) is 0 Å². The second-order valence-electron chi connectivity index (χ2n) is 4.48. The lowest BCUT2D eigenvalue weighted by Crippen LogP contribution is -2.10. The van der Waals surface area contributed by atoms with E-state index in [9.17, 15) is 8.42 Å². The molecule has 0 bridgehead atoms. The van der Waals surface area contributed by atoms with Gasteiger partial charge < -0.3 is 11.5 Å². The number of hydrogen-bond donors (Lipinski definition) is 2. The highest BCUT2D eigenvalue weighted by Crippen LogP contribution is 2.25. The summed E-state index contributed by atoms with van der Waals surface area (Å²) in [5.74, 6) is -0.120. The topological polar surface area (TPSA) is 112 Å². The van der Waals surface area contributed by atoms with Crippen molar-refractivity contribution in [3.05, 3.63) is 48.5 Å². The maximum absolute atomic E-state index is 12.6. The summed E-state index contributed by atoms with van der Waals surface area (Å²) in [6, 6.07) is 12.8. The molecule has 0 aliphatic heterocycles. The van der Waals surface area contributed by atoms with Gasteiger partial charge in [-0.3, -0.25) is 0 Å². The van der Waals surface area contributed by atoms with Gasteiger partial charge in [0.05, 0.1) is 15.9 Å². The van der Waals surface area contributed by atoms with Gasteiger partial charge in [-0.2, -0.15) is 0 Å². The summed E-state index contributed by atoms with van der Waals surface area (Å²) in [6.45, 7) is 0. The SMILES string of the molecule is Nc1ccc(S(=O)(=O)c2nc3ccccc3nc2N)cc1. The van der Waals surface area contributed by atoms with Gasteiger partial charge in [-0.05, 0) is 36.4 Å². The molecular formula is C14H12N4O2S. The number of hydrogen-bond acceptors (Lipinski definition) is 6. The Kier molecular flexibility index (Phi) is 2.99. The van der Waals surface area contributed by atoms with E-state index in [-0.39, 0.29) is 15.7 Å². The zero-order valence-electron chi connectivity index (χ0n) is 10.9. The monoisotopic (exact) mass is 300 g/mol. The number of rotatable bonds is 2.